The van der Waals surface area contributed by atoms with Crippen molar-refractivity contribution in [3.63, 3.8) is 0 Å². The van der Waals surface area contributed by atoms with Gasteiger partial charge in [0.15, 0.2) is 0 Å². The Bertz CT molecular complexity index is 956. The minimum absolute atomic E-state index is 0. The highest BCUT2D eigenvalue weighted by Gasteiger charge is 2.33. The molecule has 2 aliphatic rings. The average molecular weight is 476 g/mol. The molecule has 0 spiro atoms. The van der Waals surface area contributed by atoms with E-state index in [-0.39, 0.29) is 42.4 Å². The van der Waals surface area contributed by atoms with E-state index in [2.05, 4.69) is 22.6 Å². The molecule has 4 rings (SSSR count). The molecule has 31 heavy (non-hydrogen) atoms. The van der Waals surface area contributed by atoms with Crippen molar-refractivity contribution in [1.82, 2.24) is 25.2 Å². The van der Waals surface area contributed by atoms with Crippen molar-refractivity contribution in [2.45, 2.75) is 38.8 Å². The van der Waals surface area contributed by atoms with Gasteiger partial charge in [0.25, 0.3) is 6.43 Å². The third kappa shape index (κ3) is 4.78. The molecule has 0 bridgehead atoms. The summed E-state index contributed by atoms with van der Waals surface area (Å²) in [6.07, 6.45) is -1.42. The zero-order valence-electron chi connectivity index (χ0n) is 17.3. The fourth-order valence-electron chi connectivity index (χ4n) is 4.30. The van der Waals surface area contributed by atoms with Crippen molar-refractivity contribution < 1.29 is 18.3 Å². The normalized spacial score (nSPS) is 20.7. The van der Waals surface area contributed by atoms with Gasteiger partial charge in [-0.3, -0.25) is 4.79 Å². The molecule has 170 valence electrons. The highest BCUT2D eigenvalue weighted by atomic mass is 35.5. The van der Waals surface area contributed by atoms with Crippen LogP contribution in [0.25, 0.3) is 0 Å². The Morgan fingerprint density at radius 2 is 2.16 bits per heavy atom. The first kappa shape index (κ1) is 23.7. The monoisotopic (exact) mass is 475 g/mol. The van der Waals surface area contributed by atoms with Gasteiger partial charge < -0.3 is 15.0 Å². The lowest BCUT2D eigenvalue weighted by atomic mass is 9.92. The van der Waals surface area contributed by atoms with Gasteiger partial charge in [0.1, 0.15) is 23.7 Å². The Morgan fingerprint density at radius 1 is 1.39 bits per heavy atom. The number of fused-ring (bicyclic) bond motifs is 1. The van der Waals surface area contributed by atoms with Crippen LogP contribution in [0, 0.1) is 5.92 Å². The number of rotatable bonds is 6. The zero-order valence-corrected chi connectivity index (χ0v) is 18.8. The second kappa shape index (κ2) is 9.67. The molecule has 2 aromatic rings. The van der Waals surface area contributed by atoms with Gasteiger partial charge in [0.2, 0.25) is 5.91 Å². The molecule has 2 aliphatic heterocycles. The molecule has 1 amide bonds. The van der Waals surface area contributed by atoms with Crippen molar-refractivity contribution >= 4 is 29.9 Å². The maximum Gasteiger partial charge on any atom is 0.282 e. The number of alkyl halides is 2. The maximum atomic E-state index is 13.3. The minimum Gasteiger partial charge on any atom is -0.487 e. The number of nitrogens with zero attached hydrogens (tertiary/aromatic N) is 4. The van der Waals surface area contributed by atoms with E-state index in [1.54, 1.807) is 12.1 Å². The van der Waals surface area contributed by atoms with Crippen molar-refractivity contribution in [1.29, 1.82) is 0 Å². The second-order valence-corrected chi connectivity index (χ2v) is 8.34. The summed E-state index contributed by atoms with van der Waals surface area (Å²) in [6, 6.07) is 3.35. The smallest absolute Gasteiger partial charge is 0.282 e. The van der Waals surface area contributed by atoms with Crippen LogP contribution in [0.1, 0.15) is 48.3 Å². The molecule has 1 aromatic heterocycles. The molecule has 11 heteroatoms. The summed E-state index contributed by atoms with van der Waals surface area (Å²) in [4.78, 5) is 14.1. The molecule has 1 fully saturated rings. The lowest BCUT2D eigenvalue weighted by Crippen LogP contribution is -2.40. The molecule has 0 radical (unpaired) electrons. The van der Waals surface area contributed by atoms with Crippen LogP contribution in [-0.2, 0) is 24.9 Å². The topological polar surface area (TPSA) is 72.3 Å². The van der Waals surface area contributed by atoms with Gasteiger partial charge in [-0.05, 0) is 36.6 Å². The minimum atomic E-state index is -2.69. The van der Waals surface area contributed by atoms with E-state index in [0.717, 1.165) is 35.3 Å². The van der Waals surface area contributed by atoms with E-state index in [0.29, 0.717) is 29.7 Å². The molecule has 2 atom stereocenters. The van der Waals surface area contributed by atoms with Gasteiger partial charge in [0, 0.05) is 37.1 Å². The van der Waals surface area contributed by atoms with Crippen LogP contribution in [0.4, 0.5) is 8.78 Å². The Morgan fingerprint density at radius 3 is 2.84 bits per heavy atom. The molecule has 0 saturated carbocycles. The van der Waals surface area contributed by atoms with Gasteiger partial charge in [-0.1, -0.05) is 23.7 Å². The molecule has 7 nitrogen and oxygen atoms in total. The predicted octanol–water partition coefficient (Wildman–Crippen LogP) is 3.46. The van der Waals surface area contributed by atoms with E-state index >= 15 is 0 Å². The van der Waals surface area contributed by atoms with Gasteiger partial charge in [-0.25, -0.2) is 13.5 Å². The number of carbonyl (C=O) groups is 1. The van der Waals surface area contributed by atoms with E-state index in [4.69, 9.17) is 16.3 Å². The Kier molecular flexibility index (Phi) is 7.39. The SMILES string of the molecule is C[C@@H]1CC(=O)N(C[C@H]2NCCc3c(Cl)ccc(OCc4nnn(C)c4C(F)F)c32)C1.Cl. The van der Waals surface area contributed by atoms with Crippen LogP contribution in [0.5, 0.6) is 5.75 Å². The summed E-state index contributed by atoms with van der Waals surface area (Å²) < 4.78 is 33.6. The largest absolute Gasteiger partial charge is 0.487 e. The van der Waals surface area contributed by atoms with Gasteiger partial charge in [-0.15, -0.1) is 17.5 Å². The lowest BCUT2D eigenvalue weighted by molar-refractivity contribution is -0.128. The second-order valence-electron chi connectivity index (χ2n) is 7.94. The molecule has 1 aromatic carbocycles. The van der Waals surface area contributed by atoms with Crippen molar-refractivity contribution in [2.75, 3.05) is 19.6 Å². The highest BCUT2D eigenvalue weighted by molar-refractivity contribution is 6.31. The standard InChI is InChI=1S/C20H24ClF2N5O2.ClH/c1-11-7-17(29)28(8-11)9-14-18-12(5-6-24-14)13(21)3-4-16(18)30-10-15-19(20(22)23)27(2)26-25-15;/h3-4,11,14,20,24H,5-10H2,1-2H3;1H/t11-,14-;/m1./s1. The number of hydrogen-bond donors (Lipinski definition) is 1. The number of aryl methyl sites for hydroxylation is 1. The Balaban J connectivity index is 0.00000272. The predicted molar refractivity (Wildman–Crippen MR) is 114 cm³/mol. The van der Waals surface area contributed by atoms with Crippen molar-refractivity contribution in [3.8, 4) is 5.75 Å². The molecule has 0 aliphatic carbocycles. The van der Waals surface area contributed by atoms with Crippen LogP contribution in [0.2, 0.25) is 5.02 Å². The van der Waals surface area contributed by atoms with Crippen LogP contribution in [0.3, 0.4) is 0 Å². The molecular weight excluding hydrogens is 451 g/mol. The number of benzene rings is 1. The quantitative estimate of drug-likeness (QED) is 0.692. The van der Waals surface area contributed by atoms with E-state index in [9.17, 15) is 13.6 Å². The Hall–Kier alpha value is -1.97. The van der Waals surface area contributed by atoms with E-state index in [1.807, 2.05) is 4.90 Å². The number of amides is 1. The number of carbonyl (C=O) groups excluding carboxylic acids is 1. The zero-order chi connectivity index (χ0) is 21.4. The summed E-state index contributed by atoms with van der Waals surface area (Å²) in [5, 5.41) is 11.6. The number of likely N-dealkylation sites (tertiary alicyclic amines) is 1. The lowest BCUT2D eigenvalue weighted by Gasteiger charge is -2.32. The van der Waals surface area contributed by atoms with Crippen molar-refractivity contribution in [3.05, 3.63) is 39.7 Å². The third-order valence-electron chi connectivity index (χ3n) is 5.70. The first-order valence-electron chi connectivity index (χ1n) is 9.97. The highest BCUT2D eigenvalue weighted by Crippen LogP contribution is 2.38. The molecule has 1 N–H and O–H groups in total. The first-order valence-corrected chi connectivity index (χ1v) is 10.3. The summed E-state index contributed by atoms with van der Waals surface area (Å²) in [7, 11) is 1.43. The summed E-state index contributed by atoms with van der Waals surface area (Å²) in [6.45, 7) is 3.90. The third-order valence-corrected chi connectivity index (χ3v) is 6.05. The van der Waals surface area contributed by atoms with Gasteiger partial charge in [-0.2, -0.15) is 0 Å². The number of hydrogen-bond acceptors (Lipinski definition) is 5. The summed E-state index contributed by atoms with van der Waals surface area (Å²) in [5.41, 5.74) is 1.68. The molecular formula is C20H25Cl2F2N5O2. The van der Waals surface area contributed by atoms with Crippen molar-refractivity contribution in [2.24, 2.45) is 13.0 Å². The van der Waals surface area contributed by atoms with Gasteiger partial charge >= 0.3 is 0 Å². The Labute approximate surface area is 190 Å². The summed E-state index contributed by atoms with van der Waals surface area (Å²) >= 11 is 6.45. The maximum absolute atomic E-state index is 13.3. The number of nitrogens with one attached hydrogen (secondary N) is 1. The molecule has 1 saturated heterocycles. The van der Waals surface area contributed by atoms with Crippen LogP contribution in [-0.4, -0.2) is 45.4 Å². The fraction of sp³-hybridized carbons (Fsp3) is 0.550. The van der Waals surface area contributed by atoms with Crippen LogP contribution < -0.4 is 10.1 Å². The number of ether oxygens (including phenoxy) is 1. The van der Waals surface area contributed by atoms with Crippen LogP contribution in [0.15, 0.2) is 12.1 Å². The fourth-order valence-corrected chi connectivity index (χ4v) is 4.56. The van der Waals surface area contributed by atoms with E-state index in [1.165, 1.54) is 7.05 Å². The van der Waals surface area contributed by atoms with Gasteiger partial charge in [0.05, 0.1) is 6.04 Å². The number of aromatic nitrogens is 3. The van der Waals surface area contributed by atoms with E-state index < -0.39 is 6.43 Å². The first-order chi connectivity index (χ1) is 14.3. The van der Waals surface area contributed by atoms with Crippen LogP contribution >= 0.6 is 24.0 Å². The molecule has 0 unspecified atom stereocenters. The number of halogens is 4. The summed E-state index contributed by atoms with van der Waals surface area (Å²) in [5.74, 6) is 1.03. The average Bonchev–Trinajstić information content (AvgIpc) is 3.22. The molecule has 3 heterocycles.